The van der Waals surface area contributed by atoms with E-state index in [-0.39, 0.29) is 36.7 Å². The molecule has 0 spiro atoms. The largest absolute Gasteiger partial charge is 0.484 e. The number of hydrogen-bond donors (Lipinski definition) is 1. The van der Waals surface area contributed by atoms with Crippen LogP contribution in [0.15, 0.2) is 48.5 Å². The van der Waals surface area contributed by atoms with E-state index in [1.54, 1.807) is 23.1 Å². The maximum Gasteiger partial charge on any atom is 0.258 e. The molecule has 1 fully saturated rings. The van der Waals surface area contributed by atoms with Crippen LogP contribution in [0.3, 0.4) is 0 Å². The van der Waals surface area contributed by atoms with Gasteiger partial charge in [-0.05, 0) is 42.8 Å². The van der Waals surface area contributed by atoms with Gasteiger partial charge in [0.05, 0.1) is 6.04 Å². The number of ether oxygens (including phenoxy) is 1. The second-order valence-electron chi connectivity index (χ2n) is 6.00. The molecule has 0 radical (unpaired) electrons. The van der Waals surface area contributed by atoms with Crippen molar-refractivity contribution in [1.29, 1.82) is 0 Å². The Kier molecular flexibility index (Phi) is 4.97. The Bertz CT molecular complexity index is 776. The fourth-order valence-electron chi connectivity index (χ4n) is 2.81. The first-order valence-corrected chi connectivity index (χ1v) is 8.06. The van der Waals surface area contributed by atoms with E-state index in [1.807, 2.05) is 25.1 Å². The van der Waals surface area contributed by atoms with E-state index in [1.165, 1.54) is 12.1 Å². The molecule has 1 unspecified atom stereocenters. The number of carbonyl (C=O) groups is 2. The molecular formula is C19H19FN2O3. The lowest BCUT2D eigenvalue weighted by molar-refractivity contribution is -0.123. The van der Waals surface area contributed by atoms with Gasteiger partial charge >= 0.3 is 0 Å². The van der Waals surface area contributed by atoms with Gasteiger partial charge in [0.1, 0.15) is 11.6 Å². The van der Waals surface area contributed by atoms with Crippen LogP contribution in [0.5, 0.6) is 5.75 Å². The number of hydrogen-bond acceptors (Lipinski definition) is 3. The highest BCUT2D eigenvalue weighted by atomic mass is 19.1. The maximum atomic E-state index is 13.0. The van der Waals surface area contributed by atoms with Crippen LogP contribution in [0.4, 0.5) is 10.1 Å². The molecule has 3 rings (SSSR count). The summed E-state index contributed by atoms with van der Waals surface area (Å²) >= 11 is 0. The minimum Gasteiger partial charge on any atom is -0.484 e. The first-order chi connectivity index (χ1) is 12.0. The number of nitrogens with zero attached hydrogens (tertiary/aromatic N) is 1. The van der Waals surface area contributed by atoms with Crippen LogP contribution in [0.25, 0.3) is 0 Å². The van der Waals surface area contributed by atoms with E-state index in [0.717, 1.165) is 5.56 Å². The van der Waals surface area contributed by atoms with Gasteiger partial charge in [0, 0.05) is 18.7 Å². The highest BCUT2D eigenvalue weighted by Gasteiger charge is 2.31. The Morgan fingerprint density at radius 2 is 1.96 bits per heavy atom. The Hall–Kier alpha value is -2.89. The summed E-state index contributed by atoms with van der Waals surface area (Å²) in [5, 5.41) is 2.81. The highest BCUT2D eigenvalue weighted by Crippen LogP contribution is 2.22. The van der Waals surface area contributed by atoms with Gasteiger partial charge in [-0.25, -0.2) is 4.39 Å². The van der Waals surface area contributed by atoms with E-state index in [0.29, 0.717) is 18.0 Å². The van der Waals surface area contributed by atoms with E-state index < -0.39 is 0 Å². The highest BCUT2D eigenvalue weighted by molar-refractivity contribution is 5.96. The summed E-state index contributed by atoms with van der Waals surface area (Å²) in [5.41, 5.74) is 1.58. The van der Waals surface area contributed by atoms with Crippen molar-refractivity contribution >= 4 is 17.5 Å². The average molecular weight is 342 g/mol. The van der Waals surface area contributed by atoms with E-state index in [9.17, 15) is 14.0 Å². The number of para-hydroxylation sites is 1. The number of anilines is 1. The number of rotatable bonds is 5. The lowest BCUT2D eigenvalue weighted by atomic mass is 10.2. The van der Waals surface area contributed by atoms with Crippen LogP contribution in [-0.2, 0) is 9.59 Å². The van der Waals surface area contributed by atoms with Crippen molar-refractivity contribution in [3.8, 4) is 5.75 Å². The number of aryl methyl sites for hydroxylation is 1. The Labute approximate surface area is 145 Å². The average Bonchev–Trinajstić information content (AvgIpc) is 2.95. The molecule has 1 aliphatic rings. The molecule has 25 heavy (non-hydrogen) atoms. The topological polar surface area (TPSA) is 58.6 Å². The second-order valence-corrected chi connectivity index (χ2v) is 6.00. The molecule has 1 N–H and O–H groups in total. The Morgan fingerprint density at radius 1 is 1.24 bits per heavy atom. The summed E-state index contributed by atoms with van der Waals surface area (Å²) in [7, 11) is 0. The summed E-state index contributed by atoms with van der Waals surface area (Å²) in [6.45, 7) is 2.16. The van der Waals surface area contributed by atoms with Gasteiger partial charge in [-0.2, -0.15) is 0 Å². The predicted octanol–water partition coefficient (Wildman–Crippen LogP) is 2.43. The van der Waals surface area contributed by atoms with Crippen LogP contribution in [0.2, 0.25) is 0 Å². The van der Waals surface area contributed by atoms with Crippen molar-refractivity contribution in [3.63, 3.8) is 0 Å². The minimum atomic E-state index is -0.353. The molecule has 1 atom stereocenters. The number of amides is 2. The van der Waals surface area contributed by atoms with Crippen molar-refractivity contribution < 1.29 is 18.7 Å². The van der Waals surface area contributed by atoms with E-state index >= 15 is 0 Å². The molecule has 2 aromatic rings. The van der Waals surface area contributed by atoms with Crippen molar-refractivity contribution in [1.82, 2.24) is 5.32 Å². The maximum absolute atomic E-state index is 13.0. The van der Waals surface area contributed by atoms with Crippen molar-refractivity contribution in [2.24, 2.45) is 0 Å². The quantitative estimate of drug-likeness (QED) is 0.908. The van der Waals surface area contributed by atoms with Crippen LogP contribution < -0.4 is 15.0 Å². The minimum absolute atomic E-state index is 0.100. The van der Waals surface area contributed by atoms with Crippen molar-refractivity contribution in [2.45, 2.75) is 19.4 Å². The smallest absolute Gasteiger partial charge is 0.258 e. The summed E-state index contributed by atoms with van der Waals surface area (Å²) in [6, 6.07) is 12.9. The molecule has 1 aliphatic heterocycles. The van der Waals surface area contributed by atoms with Gasteiger partial charge in [-0.1, -0.05) is 18.2 Å². The number of halogens is 1. The zero-order valence-electron chi connectivity index (χ0n) is 13.9. The van der Waals surface area contributed by atoms with Crippen LogP contribution in [0, 0.1) is 12.7 Å². The van der Waals surface area contributed by atoms with Gasteiger partial charge in [0.15, 0.2) is 6.61 Å². The monoisotopic (exact) mass is 342 g/mol. The third kappa shape index (κ3) is 4.15. The summed E-state index contributed by atoms with van der Waals surface area (Å²) < 4.78 is 18.5. The van der Waals surface area contributed by atoms with Gasteiger partial charge in [0.25, 0.3) is 5.91 Å². The fraction of sp³-hybridized carbons (Fsp3) is 0.263. The zero-order valence-corrected chi connectivity index (χ0v) is 13.9. The standard InChI is InChI=1S/C19H19FN2O3/c1-13-4-2-3-5-17(13)25-12-18(23)21-15-10-19(24)22(11-15)16-8-6-14(20)7-9-16/h2-9,15H,10-12H2,1H3,(H,21,23). The van der Waals surface area contributed by atoms with Gasteiger partial charge < -0.3 is 15.0 Å². The molecule has 0 aromatic heterocycles. The third-order valence-electron chi connectivity index (χ3n) is 4.08. The molecule has 130 valence electrons. The SMILES string of the molecule is Cc1ccccc1OCC(=O)NC1CC(=O)N(c2ccc(F)cc2)C1. The Balaban J connectivity index is 1.53. The van der Waals surface area contributed by atoms with Gasteiger partial charge in [-0.3, -0.25) is 9.59 Å². The molecule has 1 saturated heterocycles. The second kappa shape index (κ2) is 7.34. The summed E-state index contributed by atoms with van der Waals surface area (Å²) in [5.74, 6) is -0.0690. The zero-order chi connectivity index (χ0) is 17.8. The molecule has 0 aliphatic carbocycles. The lowest BCUT2D eigenvalue weighted by Gasteiger charge is -2.17. The van der Waals surface area contributed by atoms with Crippen molar-refractivity contribution in [3.05, 3.63) is 59.9 Å². The lowest BCUT2D eigenvalue weighted by Crippen LogP contribution is -2.39. The summed E-state index contributed by atoms with van der Waals surface area (Å²) in [4.78, 5) is 25.7. The molecule has 2 aromatic carbocycles. The molecule has 5 nitrogen and oxygen atoms in total. The molecule has 6 heteroatoms. The van der Waals surface area contributed by atoms with E-state index in [4.69, 9.17) is 4.74 Å². The third-order valence-corrected chi connectivity index (χ3v) is 4.08. The van der Waals surface area contributed by atoms with Crippen LogP contribution in [-0.4, -0.2) is 31.0 Å². The molecule has 0 bridgehead atoms. The Morgan fingerprint density at radius 3 is 2.68 bits per heavy atom. The molecule has 0 saturated carbocycles. The van der Waals surface area contributed by atoms with Crippen molar-refractivity contribution in [2.75, 3.05) is 18.1 Å². The number of nitrogens with one attached hydrogen (secondary N) is 1. The van der Waals surface area contributed by atoms with E-state index in [2.05, 4.69) is 5.32 Å². The first kappa shape index (κ1) is 17.0. The first-order valence-electron chi connectivity index (χ1n) is 8.06. The summed E-state index contributed by atoms with van der Waals surface area (Å²) in [6.07, 6.45) is 0.216. The van der Waals surface area contributed by atoms with Crippen LogP contribution >= 0.6 is 0 Å². The van der Waals surface area contributed by atoms with Gasteiger partial charge in [-0.15, -0.1) is 0 Å². The van der Waals surface area contributed by atoms with Crippen LogP contribution in [0.1, 0.15) is 12.0 Å². The molecular weight excluding hydrogens is 323 g/mol. The number of benzene rings is 2. The molecule has 1 heterocycles. The number of carbonyl (C=O) groups excluding carboxylic acids is 2. The fourth-order valence-corrected chi connectivity index (χ4v) is 2.81. The normalized spacial score (nSPS) is 16.8. The van der Waals surface area contributed by atoms with Gasteiger partial charge in [0.2, 0.25) is 5.91 Å². The molecule has 2 amide bonds. The predicted molar refractivity (Wildman–Crippen MR) is 92.0 cm³/mol.